The molecular weight excluding hydrogens is 376 g/mol. The number of anilines is 1. The van der Waals surface area contributed by atoms with Gasteiger partial charge in [0, 0.05) is 18.2 Å². The quantitative estimate of drug-likeness (QED) is 0.723. The van der Waals surface area contributed by atoms with Crippen LogP contribution in [0.25, 0.3) is 11.1 Å². The fourth-order valence-corrected chi connectivity index (χ4v) is 2.88. The van der Waals surface area contributed by atoms with Crippen molar-refractivity contribution in [2.75, 3.05) is 19.5 Å². The third-order valence-corrected chi connectivity index (χ3v) is 4.24. The molecule has 0 saturated carbocycles. The minimum Gasteiger partial charge on any atom is -0.495 e. The van der Waals surface area contributed by atoms with Gasteiger partial charge >= 0.3 is 0 Å². The van der Waals surface area contributed by atoms with Crippen molar-refractivity contribution < 1.29 is 18.7 Å². The van der Waals surface area contributed by atoms with Crippen LogP contribution in [0.3, 0.4) is 0 Å². The van der Waals surface area contributed by atoms with E-state index in [4.69, 9.17) is 13.9 Å². The van der Waals surface area contributed by atoms with E-state index in [1.807, 2.05) is 0 Å². The number of hydrogen-bond acceptors (Lipinski definition) is 5. The van der Waals surface area contributed by atoms with Crippen LogP contribution in [0, 0.1) is 6.92 Å². The van der Waals surface area contributed by atoms with Gasteiger partial charge in [-0.1, -0.05) is 0 Å². The summed E-state index contributed by atoms with van der Waals surface area (Å²) >= 11 is 3.38. The van der Waals surface area contributed by atoms with E-state index >= 15 is 0 Å². The Morgan fingerprint density at radius 2 is 1.83 bits per heavy atom. The number of nitrogens with zero attached hydrogens (tertiary/aromatic N) is 1. The number of hydrogen-bond donors (Lipinski definition) is 1. The lowest BCUT2D eigenvalue weighted by Gasteiger charge is -2.11. The molecule has 0 unspecified atom stereocenters. The molecule has 0 radical (unpaired) electrons. The first kappa shape index (κ1) is 16.3. The molecule has 0 bridgehead atoms. The summed E-state index contributed by atoms with van der Waals surface area (Å²) in [4.78, 5) is 16.8. The van der Waals surface area contributed by atoms with Gasteiger partial charge in [0.25, 0.3) is 5.91 Å². The van der Waals surface area contributed by atoms with Gasteiger partial charge in [0.1, 0.15) is 21.5 Å². The monoisotopic (exact) mass is 390 g/mol. The molecule has 3 aromatic rings. The summed E-state index contributed by atoms with van der Waals surface area (Å²) in [6.07, 6.45) is 0. The zero-order chi connectivity index (χ0) is 17.3. The summed E-state index contributed by atoms with van der Waals surface area (Å²) in [5.41, 5.74) is 2.42. The molecule has 0 spiro atoms. The van der Waals surface area contributed by atoms with E-state index in [1.165, 1.54) is 14.2 Å². The third kappa shape index (κ3) is 3.07. The van der Waals surface area contributed by atoms with Crippen molar-refractivity contribution in [2.45, 2.75) is 6.92 Å². The molecule has 0 atom stereocenters. The van der Waals surface area contributed by atoms with Crippen molar-refractivity contribution in [3.63, 3.8) is 0 Å². The van der Waals surface area contributed by atoms with Gasteiger partial charge in [-0.2, -0.15) is 0 Å². The highest BCUT2D eigenvalue weighted by molar-refractivity contribution is 9.10. The molecule has 2 aromatic carbocycles. The fourth-order valence-electron chi connectivity index (χ4n) is 2.32. The summed E-state index contributed by atoms with van der Waals surface area (Å²) in [6.45, 7) is 1.78. The Bertz CT molecular complexity index is 895. The van der Waals surface area contributed by atoms with Gasteiger partial charge in [-0.15, -0.1) is 0 Å². The van der Waals surface area contributed by atoms with Crippen molar-refractivity contribution in [1.82, 2.24) is 4.98 Å². The lowest BCUT2D eigenvalue weighted by molar-refractivity contribution is 0.102. The van der Waals surface area contributed by atoms with Crippen LogP contribution < -0.4 is 14.8 Å². The number of aryl methyl sites for hydroxylation is 1. The van der Waals surface area contributed by atoms with Crippen LogP contribution in [0.4, 0.5) is 5.69 Å². The normalized spacial score (nSPS) is 10.7. The number of halogens is 1. The summed E-state index contributed by atoms with van der Waals surface area (Å²) in [6, 6.07) is 8.57. The highest BCUT2D eigenvalue weighted by Crippen LogP contribution is 2.35. The first-order valence-electron chi connectivity index (χ1n) is 7.12. The van der Waals surface area contributed by atoms with Crippen molar-refractivity contribution in [1.29, 1.82) is 0 Å². The summed E-state index contributed by atoms with van der Waals surface area (Å²) in [5.74, 6) is 1.33. The van der Waals surface area contributed by atoms with Gasteiger partial charge in [-0.05, 0) is 46.3 Å². The SMILES string of the molecule is COc1cc(C(=O)Nc2ccc3oc(C)nc3c2)cc(OC)c1Br. The largest absolute Gasteiger partial charge is 0.495 e. The lowest BCUT2D eigenvalue weighted by atomic mass is 10.1. The average Bonchev–Trinajstić information content (AvgIpc) is 2.94. The van der Waals surface area contributed by atoms with Crippen molar-refractivity contribution >= 4 is 38.6 Å². The Labute approximate surface area is 146 Å². The van der Waals surface area contributed by atoms with E-state index < -0.39 is 0 Å². The number of carbonyl (C=O) groups is 1. The number of amides is 1. The van der Waals surface area contributed by atoms with Crippen LogP contribution in [0.5, 0.6) is 11.5 Å². The van der Waals surface area contributed by atoms with Crippen LogP contribution >= 0.6 is 15.9 Å². The number of oxazole rings is 1. The topological polar surface area (TPSA) is 73.6 Å². The molecule has 7 heteroatoms. The summed E-state index contributed by atoms with van der Waals surface area (Å²) in [7, 11) is 3.06. The van der Waals surface area contributed by atoms with E-state index in [9.17, 15) is 4.79 Å². The minimum atomic E-state index is -0.279. The zero-order valence-corrected chi connectivity index (χ0v) is 14.9. The van der Waals surface area contributed by atoms with Crippen LogP contribution in [0.1, 0.15) is 16.2 Å². The number of nitrogens with one attached hydrogen (secondary N) is 1. The first-order valence-corrected chi connectivity index (χ1v) is 7.91. The van der Waals surface area contributed by atoms with Crippen LogP contribution in [0.2, 0.25) is 0 Å². The second kappa shape index (κ2) is 6.52. The van der Waals surface area contributed by atoms with Crippen molar-refractivity contribution in [2.24, 2.45) is 0 Å². The molecular formula is C17H15BrN2O4. The Hall–Kier alpha value is -2.54. The van der Waals surface area contributed by atoms with E-state index in [-0.39, 0.29) is 5.91 Å². The molecule has 1 aromatic heterocycles. The molecule has 0 aliphatic carbocycles. The molecule has 3 rings (SSSR count). The standard InChI is InChI=1S/C17H15BrN2O4/c1-9-19-12-8-11(4-5-13(12)24-9)20-17(21)10-6-14(22-2)16(18)15(7-10)23-3/h4-8H,1-3H3,(H,20,21). The second-order valence-corrected chi connectivity index (χ2v) is 5.86. The predicted molar refractivity (Wildman–Crippen MR) is 93.9 cm³/mol. The summed E-state index contributed by atoms with van der Waals surface area (Å²) in [5, 5.41) is 2.83. The molecule has 1 amide bonds. The number of benzene rings is 2. The Morgan fingerprint density at radius 1 is 1.17 bits per heavy atom. The molecule has 24 heavy (non-hydrogen) atoms. The molecule has 0 aliphatic heterocycles. The number of methoxy groups -OCH3 is 2. The van der Waals surface area contributed by atoms with E-state index in [0.29, 0.717) is 44.2 Å². The first-order chi connectivity index (χ1) is 11.5. The van der Waals surface area contributed by atoms with Crippen molar-refractivity contribution in [3.8, 4) is 11.5 Å². The molecule has 1 N–H and O–H groups in total. The fraction of sp³-hybridized carbons (Fsp3) is 0.176. The molecule has 1 heterocycles. The Balaban J connectivity index is 1.90. The predicted octanol–water partition coefficient (Wildman–Crippen LogP) is 4.17. The Kier molecular flexibility index (Phi) is 4.44. The molecule has 0 aliphatic rings. The minimum absolute atomic E-state index is 0.279. The summed E-state index contributed by atoms with van der Waals surface area (Å²) < 4.78 is 16.6. The number of ether oxygens (including phenoxy) is 2. The number of fused-ring (bicyclic) bond motifs is 1. The third-order valence-electron chi connectivity index (χ3n) is 3.46. The van der Waals surface area contributed by atoms with Gasteiger partial charge < -0.3 is 19.2 Å². The van der Waals surface area contributed by atoms with Gasteiger partial charge in [0.05, 0.1) is 14.2 Å². The van der Waals surface area contributed by atoms with Crippen LogP contribution in [-0.4, -0.2) is 25.1 Å². The van der Waals surface area contributed by atoms with Gasteiger partial charge in [0.15, 0.2) is 11.5 Å². The van der Waals surface area contributed by atoms with Gasteiger partial charge in [0.2, 0.25) is 0 Å². The maximum Gasteiger partial charge on any atom is 0.255 e. The maximum absolute atomic E-state index is 12.5. The van der Waals surface area contributed by atoms with Crippen LogP contribution in [-0.2, 0) is 0 Å². The van der Waals surface area contributed by atoms with E-state index in [1.54, 1.807) is 37.3 Å². The average molecular weight is 391 g/mol. The highest BCUT2D eigenvalue weighted by Gasteiger charge is 2.15. The maximum atomic E-state index is 12.5. The molecule has 6 nitrogen and oxygen atoms in total. The number of carbonyl (C=O) groups excluding carboxylic acids is 1. The van der Waals surface area contributed by atoms with Gasteiger partial charge in [-0.3, -0.25) is 4.79 Å². The molecule has 124 valence electrons. The smallest absolute Gasteiger partial charge is 0.255 e. The molecule has 0 fully saturated rings. The number of rotatable bonds is 4. The Morgan fingerprint density at radius 3 is 2.46 bits per heavy atom. The van der Waals surface area contributed by atoms with E-state index in [0.717, 1.165) is 0 Å². The van der Waals surface area contributed by atoms with Crippen molar-refractivity contribution in [3.05, 3.63) is 46.3 Å². The van der Waals surface area contributed by atoms with E-state index in [2.05, 4.69) is 26.2 Å². The highest BCUT2D eigenvalue weighted by atomic mass is 79.9. The molecule has 0 saturated heterocycles. The second-order valence-electron chi connectivity index (χ2n) is 5.06. The zero-order valence-electron chi connectivity index (χ0n) is 13.3. The number of aromatic nitrogens is 1. The lowest BCUT2D eigenvalue weighted by Crippen LogP contribution is -2.12. The van der Waals surface area contributed by atoms with Crippen LogP contribution in [0.15, 0.2) is 39.2 Å². The van der Waals surface area contributed by atoms with Gasteiger partial charge in [-0.25, -0.2) is 4.98 Å².